The Morgan fingerprint density at radius 1 is 1.25 bits per heavy atom. The molecule has 0 bridgehead atoms. The van der Waals surface area contributed by atoms with Crippen molar-refractivity contribution in [1.29, 1.82) is 0 Å². The van der Waals surface area contributed by atoms with E-state index in [1.54, 1.807) is 0 Å². The van der Waals surface area contributed by atoms with Crippen LogP contribution in [0.2, 0.25) is 0 Å². The number of primary amides is 1. The third-order valence-electron chi connectivity index (χ3n) is 4.82. The van der Waals surface area contributed by atoms with Crippen molar-refractivity contribution in [2.24, 2.45) is 11.7 Å². The van der Waals surface area contributed by atoms with Crippen LogP contribution >= 0.6 is 0 Å². The standard InChI is InChI=1S/C21H26N2O5/c1-2-8-16(18(24)19(22)25)20(26)23-17(13-14-9-4-3-5-10-14)21(27)28-15-11-6-7-12-15/h1,3-5,9-10,15-18,24H,6-8,11-13H2,(H2,22,25)(H,23,26)/t16?,17-,18-/m0/s1. The van der Waals surface area contributed by atoms with Gasteiger partial charge in [-0.05, 0) is 31.2 Å². The van der Waals surface area contributed by atoms with Gasteiger partial charge >= 0.3 is 5.97 Å². The molecule has 0 aromatic heterocycles. The monoisotopic (exact) mass is 386 g/mol. The van der Waals surface area contributed by atoms with Gasteiger partial charge in [-0.3, -0.25) is 9.59 Å². The second-order valence-corrected chi connectivity index (χ2v) is 6.96. The second kappa shape index (κ2) is 10.5. The maximum atomic E-state index is 12.7. The third-order valence-corrected chi connectivity index (χ3v) is 4.82. The molecule has 1 fully saturated rings. The lowest BCUT2D eigenvalue weighted by Crippen LogP contribution is -2.50. The molecule has 7 nitrogen and oxygen atoms in total. The van der Waals surface area contributed by atoms with Crippen molar-refractivity contribution in [2.75, 3.05) is 0 Å². The van der Waals surface area contributed by atoms with E-state index >= 15 is 0 Å². The van der Waals surface area contributed by atoms with E-state index in [0.717, 1.165) is 31.2 Å². The van der Waals surface area contributed by atoms with E-state index in [4.69, 9.17) is 16.9 Å². The molecule has 0 heterocycles. The minimum atomic E-state index is -1.74. The summed E-state index contributed by atoms with van der Waals surface area (Å²) in [6, 6.07) is 8.21. The van der Waals surface area contributed by atoms with Gasteiger partial charge in [0, 0.05) is 12.8 Å². The summed E-state index contributed by atoms with van der Waals surface area (Å²) >= 11 is 0. The quantitative estimate of drug-likeness (QED) is 0.426. The van der Waals surface area contributed by atoms with E-state index in [-0.39, 0.29) is 18.9 Å². The molecule has 2 amide bonds. The fourth-order valence-electron chi connectivity index (χ4n) is 3.25. The first-order valence-electron chi connectivity index (χ1n) is 9.38. The zero-order valence-electron chi connectivity index (χ0n) is 15.7. The molecule has 2 rings (SSSR count). The lowest BCUT2D eigenvalue weighted by Gasteiger charge is -2.24. The molecule has 1 unspecified atom stereocenters. The number of rotatable bonds is 9. The fraction of sp³-hybridized carbons (Fsp3) is 0.476. The highest BCUT2D eigenvalue weighted by Crippen LogP contribution is 2.22. The number of amides is 2. The van der Waals surface area contributed by atoms with Crippen LogP contribution in [0, 0.1) is 18.3 Å². The molecule has 1 aliphatic carbocycles. The lowest BCUT2D eigenvalue weighted by molar-refractivity contribution is -0.153. The summed E-state index contributed by atoms with van der Waals surface area (Å²) < 4.78 is 5.55. The van der Waals surface area contributed by atoms with Gasteiger partial charge in [0.15, 0.2) is 0 Å². The van der Waals surface area contributed by atoms with Crippen molar-refractivity contribution in [3.05, 3.63) is 35.9 Å². The average molecular weight is 386 g/mol. The number of ether oxygens (including phenoxy) is 1. The molecule has 4 N–H and O–H groups in total. The number of hydrogen-bond donors (Lipinski definition) is 3. The molecule has 3 atom stereocenters. The molecular formula is C21H26N2O5. The van der Waals surface area contributed by atoms with Crippen LogP contribution in [0.25, 0.3) is 0 Å². The Hall–Kier alpha value is -2.85. The van der Waals surface area contributed by atoms with Crippen molar-refractivity contribution >= 4 is 17.8 Å². The van der Waals surface area contributed by atoms with Gasteiger partial charge in [-0.1, -0.05) is 30.3 Å². The number of aliphatic hydroxyl groups excluding tert-OH is 1. The number of carbonyl (C=O) groups is 3. The minimum Gasteiger partial charge on any atom is -0.461 e. The van der Waals surface area contributed by atoms with E-state index in [1.165, 1.54) is 0 Å². The Morgan fingerprint density at radius 3 is 2.46 bits per heavy atom. The number of aliphatic hydroxyl groups is 1. The summed E-state index contributed by atoms with van der Waals surface area (Å²) in [6.45, 7) is 0. The number of terminal acetylenes is 1. The fourth-order valence-corrected chi connectivity index (χ4v) is 3.25. The van der Waals surface area contributed by atoms with Gasteiger partial charge in [0.25, 0.3) is 0 Å². The van der Waals surface area contributed by atoms with Crippen molar-refractivity contribution in [1.82, 2.24) is 5.32 Å². The minimum absolute atomic E-state index is 0.152. The Balaban J connectivity index is 2.14. The first-order chi connectivity index (χ1) is 13.4. The number of hydrogen-bond acceptors (Lipinski definition) is 5. The summed E-state index contributed by atoms with van der Waals surface area (Å²) in [6.07, 6.45) is 6.99. The van der Waals surface area contributed by atoms with Crippen molar-refractivity contribution < 1.29 is 24.2 Å². The summed E-state index contributed by atoms with van der Waals surface area (Å²) in [4.78, 5) is 36.6. The average Bonchev–Trinajstić information content (AvgIpc) is 3.18. The van der Waals surface area contributed by atoms with Crippen LogP contribution in [0.1, 0.15) is 37.7 Å². The molecule has 150 valence electrons. The summed E-state index contributed by atoms with van der Waals surface area (Å²) in [5, 5.41) is 12.5. The van der Waals surface area contributed by atoms with Gasteiger partial charge in [0.1, 0.15) is 18.2 Å². The van der Waals surface area contributed by atoms with E-state index in [2.05, 4.69) is 11.2 Å². The molecule has 1 aliphatic rings. The maximum Gasteiger partial charge on any atom is 0.329 e. The SMILES string of the molecule is C#CCC(C(=O)N[C@@H](Cc1ccccc1)C(=O)OC1CCCC1)[C@H](O)C(N)=O. The summed E-state index contributed by atoms with van der Waals surface area (Å²) in [5.41, 5.74) is 5.93. The van der Waals surface area contributed by atoms with Crippen LogP contribution in [0.3, 0.4) is 0 Å². The normalized spacial score (nSPS) is 17.1. The Morgan fingerprint density at radius 2 is 1.89 bits per heavy atom. The van der Waals surface area contributed by atoms with Crippen LogP contribution in [0.4, 0.5) is 0 Å². The molecular weight excluding hydrogens is 360 g/mol. The second-order valence-electron chi connectivity index (χ2n) is 6.96. The maximum absolute atomic E-state index is 12.7. The van der Waals surface area contributed by atoms with E-state index in [0.29, 0.717) is 0 Å². The molecule has 7 heteroatoms. The molecule has 1 aromatic carbocycles. The summed E-state index contributed by atoms with van der Waals surface area (Å²) in [7, 11) is 0. The van der Waals surface area contributed by atoms with Gasteiger partial charge in [0.2, 0.25) is 11.8 Å². The number of carbonyl (C=O) groups excluding carboxylic acids is 3. The highest BCUT2D eigenvalue weighted by molar-refractivity contribution is 5.91. The number of esters is 1. The number of nitrogens with two attached hydrogens (primary N) is 1. The molecule has 1 saturated carbocycles. The number of nitrogens with one attached hydrogen (secondary N) is 1. The highest BCUT2D eigenvalue weighted by Gasteiger charge is 2.34. The zero-order valence-corrected chi connectivity index (χ0v) is 15.7. The van der Waals surface area contributed by atoms with Crippen molar-refractivity contribution in [2.45, 2.75) is 56.8 Å². The van der Waals surface area contributed by atoms with Crippen LogP contribution in [-0.4, -0.2) is 41.1 Å². The topological polar surface area (TPSA) is 119 Å². The predicted molar refractivity (Wildman–Crippen MR) is 103 cm³/mol. The van der Waals surface area contributed by atoms with Gasteiger partial charge in [-0.2, -0.15) is 0 Å². The molecule has 0 saturated heterocycles. The van der Waals surface area contributed by atoms with E-state index < -0.39 is 35.8 Å². The lowest BCUT2D eigenvalue weighted by atomic mass is 9.96. The third kappa shape index (κ3) is 6.10. The smallest absolute Gasteiger partial charge is 0.329 e. The summed E-state index contributed by atoms with van der Waals surface area (Å²) in [5.74, 6) is -1.30. The molecule has 0 aliphatic heterocycles. The number of benzene rings is 1. The highest BCUT2D eigenvalue weighted by atomic mass is 16.5. The molecule has 28 heavy (non-hydrogen) atoms. The largest absolute Gasteiger partial charge is 0.461 e. The zero-order chi connectivity index (χ0) is 20.5. The predicted octanol–water partition coefficient (Wildman–Crippen LogP) is 0.685. The van der Waals surface area contributed by atoms with E-state index in [1.807, 2.05) is 30.3 Å². The Labute approximate surface area is 164 Å². The van der Waals surface area contributed by atoms with Gasteiger partial charge < -0.3 is 20.9 Å². The first-order valence-corrected chi connectivity index (χ1v) is 9.38. The van der Waals surface area contributed by atoms with Crippen LogP contribution in [0.15, 0.2) is 30.3 Å². The van der Waals surface area contributed by atoms with Crippen LogP contribution in [0.5, 0.6) is 0 Å². The molecule has 0 spiro atoms. The molecule has 0 radical (unpaired) electrons. The van der Waals surface area contributed by atoms with Gasteiger partial charge in [-0.15, -0.1) is 12.3 Å². The van der Waals surface area contributed by atoms with Crippen molar-refractivity contribution in [3.63, 3.8) is 0 Å². The molecule has 1 aromatic rings. The van der Waals surface area contributed by atoms with Crippen LogP contribution < -0.4 is 11.1 Å². The Kier molecular flexibility index (Phi) is 8.02. The van der Waals surface area contributed by atoms with Crippen LogP contribution in [-0.2, 0) is 25.5 Å². The Bertz CT molecular complexity index is 722. The van der Waals surface area contributed by atoms with Gasteiger partial charge in [-0.25, -0.2) is 4.79 Å². The first kappa shape index (κ1) is 21.5. The van der Waals surface area contributed by atoms with Gasteiger partial charge in [0.05, 0.1) is 5.92 Å². The van der Waals surface area contributed by atoms with E-state index in [9.17, 15) is 19.5 Å². The van der Waals surface area contributed by atoms with Crippen molar-refractivity contribution in [3.8, 4) is 12.3 Å².